The van der Waals surface area contributed by atoms with E-state index in [-0.39, 0.29) is 8.68 Å². The predicted octanol–water partition coefficient (Wildman–Crippen LogP) is 3.76. The van der Waals surface area contributed by atoms with Crippen molar-refractivity contribution in [3.63, 3.8) is 0 Å². The molecular formula is C11H9BrFNO2S2. The fourth-order valence-corrected chi connectivity index (χ4v) is 4.03. The van der Waals surface area contributed by atoms with Crippen LogP contribution in [-0.2, 0) is 10.0 Å². The molecule has 0 aliphatic carbocycles. The van der Waals surface area contributed by atoms with Gasteiger partial charge in [-0.25, -0.2) is 12.8 Å². The number of aryl methyl sites for hydroxylation is 1. The number of anilines is 1. The third-order valence-corrected chi connectivity index (χ3v) is 5.63. The Morgan fingerprint density at radius 3 is 2.56 bits per heavy atom. The molecule has 1 aromatic carbocycles. The molecule has 0 radical (unpaired) electrons. The Morgan fingerprint density at radius 2 is 2.00 bits per heavy atom. The zero-order valence-electron chi connectivity index (χ0n) is 9.28. The van der Waals surface area contributed by atoms with Crippen LogP contribution in [0.15, 0.2) is 39.0 Å². The Labute approximate surface area is 117 Å². The fraction of sp³-hybridized carbons (Fsp3) is 0.0909. The highest BCUT2D eigenvalue weighted by Gasteiger charge is 2.16. The lowest BCUT2D eigenvalue weighted by Crippen LogP contribution is -2.11. The normalized spacial score (nSPS) is 11.5. The summed E-state index contributed by atoms with van der Waals surface area (Å²) in [6.07, 6.45) is 0. The molecule has 7 heteroatoms. The smallest absolute Gasteiger partial charge is 0.271 e. The van der Waals surface area contributed by atoms with Crippen molar-refractivity contribution in [2.75, 3.05) is 4.72 Å². The summed E-state index contributed by atoms with van der Waals surface area (Å²) in [5.74, 6) is -0.440. The number of nitrogens with one attached hydrogen (secondary N) is 1. The van der Waals surface area contributed by atoms with E-state index in [9.17, 15) is 12.8 Å². The van der Waals surface area contributed by atoms with Crippen LogP contribution in [0, 0.1) is 12.7 Å². The molecular weight excluding hydrogens is 341 g/mol. The molecule has 0 saturated heterocycles. The third kappa shape index (κ3) is 2.90. The van der Waals surface area contributed by atoms with Crippen molar-refractivity contribution in [2.45, 2.75) is 11.1 Å². The van der Waals surface area contributed by atoms with Gasteiger partial charge in [0, 0.05) is 4.88 Å². The zero-order valence-corrected chi connectivity index (χ0v) is 12.5. The summed E-state index contributed by atoms with van der Waals surface area (Å²) in [6.45, 7) is 1.83. The molecule has 0 saturated carbocycles. The van der Waals surface area contributed by atoms with Gasteiger partial charge in [0.05, 0.1) is 10.2 Å². The SMILES string of the molecule is Cc1ccc(S(=O)(=O)Nc2ccc(F)c(Br)c2)s1. The molecule has 1 N–H and O–H groups in total. The summed E-state index contributed by atoms with van der Waals surface area (Å²) in [4.78, 5) is 0.913. The average molecular weight is 350 g/mol. The summed E-state index contributed by atoms with van der Waals surface area (Å²) in [6, 6.07) is 7.23. The molecule has 0 amide bonds. The predicted molar refractivity (Wildman–Crippen MR) is 74.0 cm³/mol. The van der Waals surface area contributed by atoms with Gasteiger partial charge in [0.2, 0.25) is 0 Å². The quantitative estimate of drug-likeness (QED) is 0.916. The Balaban J connectivity index is 2.30. The van der Waals surface area contributed by atoms with E-state index in [1.807, 2.05) is 6.92 Å². The molecule has 0 spiro atoms. The van der Waals surface area contributed by atoms with Crippen LogP contribution in [0.2, 0.25) is 0 Å². The third-order valence-electron chi connectivity index (χ3n) is 2.15. The number of hydrogen-bond acceptors (Lipinski definition) is 3. The van der Waals surface area contributed by atoms with Gasteiger partial charge in [-0.05, 0) is 53.2 Å². The average Bonchev–Trinajstić information content (AvgIpc) is 2.71. The van der Waals surface area contributed by atoms with Crippen molar-refractivity contribution in [1.82, 2.24) is 0 Å². The van der Waals surface area contributed by atoms with E-state index in [0.717, 1.165) is 4.88 Å². The number of benzene rings is 1. The van der Waals surface area contributed by atoms with Crippen LogP contribution >= 0.6 is 27.3 Å². The van der Waals surface area contributed by atoms with Crippen molar-refractivity contribution < 1.29 is 12.8 Å². The summed E-state index contributed by atoms with van der Waals surface area (Å²) < 4.78 is 39.9. The monoisotopic (exact) mass is 349 g/mol. The van der Waals surface area contributed by atoms with Crippen molar-refractivity contribution in [1.29, 1.82) is 0 Å². The first-order valence-electron chi connectivity index (χ1n) is 4.93. The van der Waals surface area contributed by atoms with E-state index < -0.39 is 15.8 Å². The van der Waals surface area contributed by atoms with E-state index >= 15 is 0 Å². The van der Waals surface area contributed by atoms with Gasteiger partial charge in [-0.15, -0.1) is 11.3 Å². The van der Waals surface area contributed by atoms with Gasteiger partial charge in [-0.3, -0.25) is 4.72 Å². The van der Waals surface area contributed by atoms with E-state index in [4.69, 9.17) is 0 Å². The minimum Gasteiger partial charge on any atom is -0.279 e. The number of rotatable bonds is 3. The van der Waals surface area contributed by atoms with Gasteiger partial charge in [-0.2, -0.15) is 0 Å². The first kappa shape index (κ1) is 13.5. The van der Waals surface area contributed by atoms with Crippen LogP contribution in [0.3, 0.4) is 0 Å². The molecule has 18 heavy (non-hydrogen) atoms. The van der Waals surface area contributed by atoms with Gasteiger partial charge in [0.15, 0.2) is 0 Å². The van der Waals surface area contributed by atoms with Crippen LogP contribution in [0.4, 0.5) is 10.1 Å². The van der Waals surface area contributed by atoms with Crippen molar-refractivity contribution >= 4 is 43.0 Å². The van der Waals surface area contributed by atoms with E-state index in [0.29, 0.717) is 5.69 Å². The minimum atomic E-state index is -3.60. The van der Waals surface area contributed by atoms with E-state index in [1.54, 1.807) is 12.1 Å². The molecule has 0 bridgehead atoms. The fourth-order valence-electron chi connectivity index (χ4n) is 1.32. The lowest BCUT2D eigenvalue weighted by Gasteiger charge is -2.06. The molecule has 1 aromatic heterocycles. The number of halogens is 2. The maximum Gasteiger partial charge on any atom is 0.271 e. The second-order valence-corrected chi connectivity index (χ2v) is 7.65. The van der Waals surface area contributed by atoms with E-state index in [1.165, 1.54) is 29.5 Å². The molecule has 1 heterocycles. The molecule has 96 valence electrons. The molecule has 0 aliphatic heterocycles. The molecule has 0 aliphatic rings. The lowest BCUT2D eigenvalue weighted by atomic mass is 10.3. The van der Waals surface area contributed by atoms with E-state index in [2.05, 4.69) is 20.7 Å². The lowest BCUT2D eigenvalue weighted by molar-refractivity contribution is 0.602. The summed E-state index contributed by atoms with van der Waals surface area (Å²) in [5, 5.41) is 0. The molecule has 2 rings (SSSR count). The van der Waals surface area contributed by atoms with Crippen LogP contribution in [0.5, 0.6) is 0 Å². The van der Waals surface area contributed by atoms with Crippen LogP contribution in [0.25, 0.3) is 0 Å². The topological polar surface area (TPSA) is 46.2 Å². The van der Waals surface area contributed by atoms with Crippen LogP contribution in [-0.4, -0.2) is 8.42 Å². The maximum absolute atomic E-state index is 13.0. The zero-order chi connectivity index (χ0) is 13.3. The van der Waals surface area contributed by atoms with Crippen LogP contribution in [0.1, 0.15) is 4.88 Å². The highest BCUT2D eigenvalue weighted by molar-refractivity contribution is 9.10. The minimum absolute atomic E-state index is 0.213. The number of sulfonamides is 1. The standard InChI is InChI=1S/C11H9BrFNO2S2/c1-7-2-5-11(17-7)18(15,16)14-8-3-4-10(13)9(12)6-8/h2-6,14H,1H3. The highest BCUT2D eigenvalue weighted by Crippen LogP contribution is 2.25. The van der Waals surface area contributed by atoms with Gasteiger partial charge >= 0.3 is 0 Å². The summed E-state index contributed by atoms with van der Waals surface area (Å²) in [7, 11) is -3.60. The maximum atomic E-state index is 13.0. The molecule has 0 fully saturated rings. The first-order valence-corrected chi connectivity index (χ1v) is 8.02. The second-order valence-electron chi connectivity index (χ2n) is 3.60. The molecule has 3 nitrogen and oxygen atoms in total. The Morgan fingerprint density at radius 1 is 1.28 bits per heavy atom. The Bertz CT molecular complexity index is 682. The van der Waals surface area contributed by atoms with Gasteiger partial charge in [0.25, 0.3) is 10.0 Å². The van der Waals surface area contributed by atoms with Gasteiger partial charge in [-0.1, -0.05) is 0 Å². The second kappa shape index (κ2) is 4.99. The van der Waals surface area contributed by atoms with Crippen molar-refractivity contribution in [3.8, 4) is 0 Å². The van der Waals surface area contributed by atoms with Crippen molar-refractivity contribution in [3.05, 3.63) is 45.5 Å². The first-order chi connectivity index (χ1) is 8.38. The molecule has 0 unspecified atom stereocenters. The Kier molecular flexibility index (Phi) is 3.74. The van der Waals surface area contributed by atoms with Crippen LogP contribution < -0.4 is 4.72 Å². The number of thiophene rings is 1. The van der Waals surface area contributed by atoms with Crippen molar-refractivity contribution in [2.24, 2.45) is 0 Å². The van der Waals surface area contributed by atoms with Gasteiger partial charge in [0.1, 0.15) is 10.0 Å². The molecule has 0 atom stereocenters. The summed E-state index contributed by atoms with van der Waals surface area (Å²) >= 11 is 4.19. The number of hydrogen-bond donors (Lipinski definition) is 1. The summed E-state index contributed by atoms with van der Waals surface area (Å²) in [5.41, 5.74) is 0.314. The molecule has 2 aromatic rings. The largest absolute Gasteiger partial charge is 0.279 e. The van der Waals surface area contributed by atoms with Gasteiger partial charge < -0.3 is 0 Å². The Hall–Kier alpha value is -0.920. The highest BCUT2D eigenvalue weighted by atomic mass is 79.9.